The zero-order valence-electron chi connectivity index (χ0n) is 19.6. The van der Waals surface area contributed by atoms with Crippen molar-refractivity contribution in [1.82, 2.24) is 9.29 Å². The van der Waals surface area contributed by atoms with Crippen LogP contribution in [0.15, 0.2) is 57.8 Å². The van der Waals surface area contributed by atoms with Crippen LogP contribution in [0.4, 0.5) is 5.13 Å². The third-order valence-corrected chi connectivity index (χ3v) is 7.52. The van der Waals surface area contributed by atoms with Crippen molar-refractivity contribution in [3.8, 4) is 22.8 Å². The normalized spacial score (nSPS) is 11.9. The van der Waals surface area contributed by atoms with Gasteiger partial charge in [-0.1, -0.05) is 26.0 Å². The van der Waals surface area contributed by atoms with E-state index in [0.717, 1.165) is 24.0 Å². The number of benzene rings is 2. The Labute approximate surface area is 205 Å². The molecule has 0 bridgehead atoms. The number of hydrazone groups is 1. The smallest absolute Gasteiger partial charge is 0.243 e. The maximum absolute atomic E-state index is 13.1. The Morgan fingerprint density at radius 1 is 1.15 bits per heavy atom. The minimum atomic E-state index is -3.56. The second-order valence-electron chi connectivity index (χ2n) is 7.50. The van der Waals surface area contributed by atoms with Gasteiger partial charge >= 0.3 is 0 Å². The van der Waals surface area contributed by atoms with E-state index in [9.17, 15) is 13.5 Å². The predicted octanol–water partition coefficient (Wildman–Crippen LogP) is 5.17. The predicted molar refractivity (Wildman–Crippen MR) is 137 cm³/mol. The molecule has 34 heavy (non-hydrogen) atoms. The molecule has 2 aromatic carbocycles. The van der Waals surface area contributed by atoms with Gasteiger partial charge in [-0.2, -0.15) is 9.41 Å². The van der Waals surface area contributed by atoms with Crippen molar-refractivity contribution in [1.29, 1.82) is 0 Å². The van der Waals surface area contributed by atoms with Crippen molar-refractivity contribution in [2.24, 2.45) is 5.10 Å². The Hall–Kier alpha value is -2.95. The summed E-state index contributed by atoms with van der Waals surface area (Å²) in [5.74, 6) is 0.475. The third kappa shape index (κ3) is 6.34. The van der Waals surface area contributed by atoms with Gasteiger partial charge in [0.05, 0.1) is 23.4 Å². The molecule has 1 aromatic heterocycles. The number of phenolic OH excluding ortho intramolecular Hbond substituents is 1. The molecule has 0 aliphatic carbocycles. The van der Waals surface area contributed by atoms with Crippen LogP contribution in [0.25, 0.3) is 11.3 Å². The summed E-state index contributed by atoms with van der Waals surface area (Å²) in [4.78, 5) is 4.80. The molecular formula is C24H30N4O4S2. The largest absolute Gasteiger partial charge is 0.504 e. The van der Waals surface area contributed by atoms with Gasteiger partial charge in [0.2, 0.25) is 15.2 Å². The molecule has 0 unspecified atom stereocenters. The molecule has 3 aromatic rings. The molecule has 2 N–H and O–H groups in total. The van der Waals surface area contributed by atoms with Crippen molar-refractivity contribution in [2.45, 2.75) is 38.5 Å². The van der Waals surface area contributed by atoms with E-state index in [0.29, 0.717) is 36.3 Å². The molecule has 0 radical (unpaired) electrons. The SMILES string of the molecule is CCCN(CCC)S(=O)(=O)c1cccc(-c2csc(N/N=C/c3ccc(O)c(OCC)c3)n2)c1. The van der Waals surface area contributed by atoms with Crippen LogP contribution in [0.2, 0.25) is 0 Å². The summed E-state index contributed by atoms with van der Waals surface area (Å²) in [6, 6.07) is 11.9. The summed E-state index contributed by atoms with van der Waals surface area (Å²) in [5, 5.41) is 16.4. The van der Waals surface area contributed by atoms with Crippen LogP contribution in [-0.2, 0) is 10.0 Å². The van der Waals surface area contributed by atoms with Crippen molar-refractivity contribution in [3.05, 3.63) is 53.4 Å². The number of aromatic nitrogens is 1. The summed E-state index contributed by atoms with van der Waals surface area (Å²) in [7, 11) is -3.56. The lowest BCUT2D eigenvalue weighted by Gasteiger charge is -2.21. The summed E-state index contributed by atoms with van der Waals surface area (Å²) in [6.45, 7) is 7.23. The Balaban J connectivity index is 1.74. The molecule has 0 aliphatic rings. The molecule has 0 saturated carbocycles. The number of anilines is 1. The van der Waals surface area contributed by atoms with Gasteiger partial charge in [0.1, 0.15) is 0 Å². The van der Waals surface area contributed by atoms with Crippen molar-refractivity contribution in [2.75, 3.05) is 25.1 Å². The summed E-state index contributed by atoms with van der Waals surface area (Å²) < 4.78 is 33.1. The van der Waals surface area contributed by atoms with Gasteiger partial charge in [-0.15, -0.1) is 11.3 Å². The fourth-order valence-corrected chi connectivity index (χ4v) is 5.66. The molecule has 0 amide bonds. The van der Waals surface area contributed by atoms with Crippen molar-refractivity contribution in [3.63, 3.8) is 0 Å². The molecule has 0 saturated heterocycles. The first-order chi connectivity index (χ1) is 16.4. The number of hydrogen-bond donors (Lipinski definition) is 2. The number of aromatic hydroxyl groups is 1. The number of sulfonamides is 1. The Kier molecular flexibility index (Phi) is 9.03. The molecule has 1 heterocycles. The fraction of sp³-hybridized carbons (Fsp3) is 0.333. The minimum Gasteiger partial charge on any atom is -0.504 e. The molecule has 0 atom stereocenters. The van der Waals surface area contributed by atoms with E-state index in [1.807, 2.05) is 32.2 Å². The van der Waals surface area contributed by atoms with Crippen LogP contribution in [0.1, 0.15) is 39.2 Å². The second kappa shape index (κ2) is 12.0. The lowest BCUT2D eigenvalue weighted by atomic mass is 10.2. The number of thiazole rings is 1. The lowest BCUT2D eigenvalue weighted by molar-refractivity contribution is 0.318. The molecule has 0 spiro atoms. The van der Waals surface area contributed by atoms with Crippen LogP contribution < -0.4 is 10.2 Å². The highest BCUT2D eigenvalue weighted by atomic mass is 32.2. The van der Waals surface area contributed by atoms with E-state index in [2.05, 4.69) is 15.5 Å². The Morgan fingerprint density at radius 3 is 2.62 bits per heavy atom. The number of ether oxygens (including phenoxy) is 1. The van der Waals surface area contributed by atoms with E-state index in [-0.39, 0.29) is 10.6 Å². The molecule has 0 fully saturated rings. The number of nitrogens with zero attached hydrogens (tertiary/aromatic N) is 3. The highest BCUT2D eigenvalue weighted by molar-refractivity contribution is 7.89. The maximum Gasteiger partial charge on any atom is 0.243 e. The van der Waals surface area contributed by atoms with E-state index < -0.39 is 10.0 Å². The maximum atomic E-state index is 13.1. The van der Waals surface area contributed by atoms with Gasteiger partial charge in [0, 0.05) is 24.0 Å². The van der Waals surface area contributed by atoms with E-state index in [1.165, 1.54) is 15.6 Å². The van der Waals surface area contributed by atoms with Gasteiger partial charge in [-0.05, 0) is 55.7 Å². The molecule has 8 nitrogen and oxygen atoms in total. The first-order valence-corrected chi connectivity index (χ1v) is 13.5. The summed E-state index contributed by atoms with van der Waals surface area (Å²) in [6.07, 6.45) is 3.13. The number of hydrogen-bond acceptors (Lipinski definition) is 8. The van der Waals surface area contributed by atoms with Gasteiger partial charge in [0.15, 0.2) is 11.5 Å². The first kappa shape index (κ1) is 25.7. The molecule has 0 aliphatic heterocycles. The zero-order valence-corrected chi connectivity index (χ0v) is 21.2. The molecule has 182 valence electrons. The summed E-state index contributed by atoms with van der Waals surface area (Å²) in [5.41, 5.74) is 5.04. The van der Waals surface area contributed by atoms with Gasteiger partial charge in [-0.3, -0.25) is 5.43 Å². The number of nitrogens with one attached hydrogen (secondary N) is 1. The van der Waals surface area contributed by atoms with Crippen molar-refractivity contribution < 1.29 is 18.3 Å². The molecular weight excluding hydrogens is 472 g/mol. The van der Waals surface area contributed by atoms with Gasteiger partial charge < -0.3 is 9.84 Å². The molecule has 3 rings (SSSR count). The van der Waals surface area contributed by atoms with E-state index >= 15 is 0 Å². The molecule has 10 heteroatoms. The Bertz CT molecular complexity index is 1220. The summed E-state index contributed by atoms with van der Waals surface area (Å²) >= 11 is 1.37. The number of rotatable bonds is 12. The quantitative estimate of drug-likeness (QED) is 0.262. The third-order valence-electron chi connectivity index (χ3n) is 4.88. The van der Waals surface area contributed by atoms with Crippen LogP contribution in [-0.4, -0.2) is 48.7 Å². The van der Waals surface area contributed by atoms with Crippen LogP contribution in [0.3, 0.4) is 0 Å². The van der Waals surface area contributed by atoms with Crippen LogP contribution in [0, 0.1) is 0 Å². The monoisotopic (exact) mass is 502 g/mol. The minimum absolute atomic E-state index is 0.0771. The van der Waals surface area contributed by atoms with E-state index in [1.54, 1.807) is 42.6 Å². The lowest BCUT2D eigenvalue weighted by Crippen LogP contribution is -2.32. The number of phenols is 1. The zero-order chi connectivity index (χ0) is 24.6. The second-order valence-corrected chi connectivity index (χ2v) is 10.3. The standard InChI is InChI=1S/C24H30N4O4S2/c1-4-12-28(13-5-2)34(30,31)20-9-7-8-19(15-20)21-17-33-24(26-21)27-25-16-18-10-11-22(29)23(14-18)32-6-3/h7-11,14-17,29H,4-6,12-13H2,1-3H3,(H,26,27)/b25-16+. The average Bonchev–Trinajstić information content (AvgIpc) is 3.30. The average molecular weight is 503 g/mol. The van der Waals surface area contributed by atoms with E-state index in [4.69, 9.17) is 4.74 Å². The van der Waals surface area contributed by atoms with Crippen LogP contribution in [0.5, 0.6) is 11.5 Å². The highest BCUT2D eigenvalue weighted by Gasteiger charge is 2.23. The van der Waals surface area contributed by atoms with Gasteiger partial charge in [-0.25, -0.2) is 13.4 Å². The fourth-order valence-electron chi connectivity index (χ4n) is 3.32. The topological polar surface area (TPSA) is 104 Å². The van der Waals surface area contributed by atoms with Gasteiger partial charge in [0.25, 0.3) is 0 Å². The highest BCUT2D eigenvalue weighted by Crippen LogP contribution is 2.28. The van der Waals surface area contributed by atoms with Crippen LogP contribution >= 0.6 is 11.3 Å². The Morgan fingerprint density at radius 2 is 1.91 bits per heavy atom. The van der Waals surface area contributed by atoms with Crippen molar-refractivity contribution >= 4 is 32.7 Å². The first-order valence-electron chi connectivity index (χ1n) is 11.2.